The molecule has 0 radical (unpaired) electrons. The molecule has 88 valence electrons. The molecule has 0 aromatic carbocycles. The number of ether oxygens (including phenoxy) is 2. The van der Waals surface area contributed by atoms with E-state index in [0.29, 0.717) is 19.7 Å². The first-order valence-electron chi connectivity index (χ1n) is 5.09. The lowest BCUT2D eigenvalue weighted by molar-refractivity contribution is -0.192. The number of hydrogen-bond acceptors (Lipinski definition) is 5. The minimum atomic E-state index is -1.23. The first kappa shape index (κ1) is 12.4. The lowest BCUT2D eigenvalue weighted by atomic mass is 10.0. The molecule has 1 atom stereocenters. The number of nitrogens with one attached hydrogen (secondary N) is 1. The quantitative estimate of drug-likeness (QED) is 0.620. The number of aliphatic hydroxyl groups is 1. The van der Waals surface area contributed by atoms with E-state index >= 15 is 0 Å². The van der Waals surface area contributed by atoms with E-state index in [9.17, 15) is 9.90 Å². The maximum absolute atomic E-state index is 11.8. The van der Waals surface area contributed by atoms with E-state index < -0.39 is 17.2 Å². The van der Waals surface area contributed by atoms with E-state index in [4.69, 9.17) is 9.47 Å². The fourth-order valence-electron chi connectivity index (χ4n) is 1.33. The molecule has 0 bridgehead atoms. The molecule has 5 nitrogen and oxygen atoms in total. The van der Waals surface area contributed by atoms with Gasteiger partial charge < -0.3 is 19.9 Å². The predicted molar refractivity (Wildman–Crippen MR) is 54.5 cm³/mol. The summed E-state index contributed by atoms with van der Waals surface area (Å²) in [5.41, 5.74) is -1.80. The van der Waals surface area contributed by atoms with Crippen molar-refractivity contribution >= 4 is 5.97 Å². The summed E-state index contributed by atoms with van der Waals surface area (Å²) in [6, 6.07) is 0. The van der Waals surface area contributed by atoms with Gasteiger partial charge in [0, 0.05) is 13.1 Å². The third kappa shape index (κ3) is 3.15. The Morgan fingerprint density at radius 2 is 2.27 bits per heavy atom. The maximum atomic E-state index is 11.8. The molecule has 0 aromatic rings. The second-order valence-corrected chi connectivity index (χ2v) is 4.68. The van der Waals surface area contributed by atoms with Gasteiger partial charge in [-0.05, 0) is 20.8 Å². The summed E-state index contributed by atoms with van der Waals surface area (Å²) in [5.74, 6) is -0.510. The van der Waals surface area contributed by atoms with Gasteiger partial charge in [0.1, 0.15) is 5.60 Å². The highest BCUT2D eigenvalue weighted by Crippen LogP contribution is 2.19. The summed E-state index contributed by atoms with van der Waals surface area (Å²) < 4.78 is 10.5. The van der Waals surface area contributed by atoms with E-state index in [1.165, 1.54) is 0 Å². The highest BCUT2D eigenvalue weighted by Gasteiger charge is 2.43. The Balaban J connectivity index is 2.68. The van der Waals surface area contributed by atoms with E-state index in [1.807, 2.05) is 0 Å². The summed E-state index contributed by atoms with van der Waals surface area (Å²) in [6.45, 7) is 6.36. The van der Waals surface area contributed by atoms with Gasteiger partial charge in [-0.3, -0.25) is 0 Å². The Morgan fingerprint density at radius 1 is 1.60 bits per heavy atom. The van der Waals surface area contributed by atoms with Crippen LogP contribution in [0, 0.1) is 0 Å². The van der Waals surface area contributed by atoms with Gasteiger partial charge >= 0.3 is 5.97 Å². The zero-order valence-electron chi connectivity index (χ0n) is 9.50. The molecule has 5 heteroatoms. The van der Waals surface area contributed by atoms with Crippen molar-refractivity contribution in [1.82, 2.24) is 5.32 Å². The van der Waals surface area contributed by atoms with E-state index in [0.717, 1.165) is 0 Å². The van der Waals surface area contributed by atoms with E-state index in [1.54, 1.807) is 20.8 Å². The zero-order chi connectivity index (χ0) is 11.5. The summed E-state index contributed by atoms with van der Waals surface area (Å²) >= 11 is 0. The third-order valence-electron chi connectivity index (χ3n) is 2.09. The Morgan fingerprint density at radius 3 is 2.67 bits per heavy atom. The number of hydrogen-bond donors (Lipinski definition) is 2. The zero-order valence-corrected chi connectivity index (χ0v) is 9.50. The molecule has 1 rings (SSSR count). The molecule has 0 spiro atoms. The van der Waals surface area contributed by atoms with Gasteiger partial charge in [0.25, 0.3) is 0 Å². The van der Waals surface area contributed by atoms with Crippen molar-refractivity contribution in [2.45, 2.75) is 32.0 Å². The van der Waals surface area contributed by atoms with Crippen LogP contribution in [0.2, 0.25) is 0 Å². The monoisotopic (exact) mass is 217 g/mol. The van der Waals surface area contributed by atoms with E-state index in [-0.39, 0.29) is 6.61 Å². The molecule has 1 aliphatic heterocycles. The molecule has 0 unspecified atom stereocenters. The predicted octanol–water partition coefficient (Wildman–Crippen LogP) is -0.321. The maximum Gasteiger partial charge on any atom is 0.342 e. The largest absolute Gasteiger partial charge is 0.458 e. The smallest absolute Gasteiger partial charge is 0.342 e. The molecule has 0 amide bonds. The van der Waals surface area contributed by atoms with Crippen LogP contribution in [-0.4, -0.2) is 48.6 Å². The number of aliphatic hydroxyl groups excluding tert-OH is 1. The van der Waals surface area contributed by atoms with Crippen molar-refractivity contribution in [2.24, 2.45) is 0 Å². The van der Waals surface area contributed by atoms with Crippen LogP contribution in [0.1, 0.15) is 20.8 Å². The minimum absolute atomic E-state index is 0.290. The highest BCUT2D eigenvalue weighted by molar-refractivity contribution is 5.80. The Hall–Kier alpha value is -0.650. The fraction of sp³-hybridized carbons (Fsp3) is 0.900. The number of rotatable bonds is 2. The summed E-state index contributed by atoms with van der Waals surface area (Å²) in [6.07, 6.45) is 0. The van der Waals surface area contributed by atoms with Crippen molar-refractivity contribution < 1.29 is 19.4 Å². The lowest BCUT2D eigenvalue weighted by Crippen LogP contribution is -2.59. The van der Waals surface area contributed by atoms with Crippen molar-refractivity contribution in [1.29, 1.82) is 0 Å². The summed E-state index contributed by atoms with van der Waals surface area (Å²) in [5, 5.41) is 12.3. The molecule has 1 fully saturated rings. The van der Waals surface area contributed by atoms with Crippen LogP contribution in [0.15, 0.2) is 0 Å². The van der Waals surface area contributed by atoms with Gasteiger partial charge in [-0.25, -0.2) is 4.79 Å². The van der Waals surface area contributed by atoms with Crippen molar-refractivity contribution in [3.63, 3.8) is 0 Å². The van der Waals surface area contributed by atoms with Gasteiger partial charge in [-0.1, -0.05) is 0 Å². The van der Waals surface area contributed by atoms with Gasteiger partial charge in [-0.15, -0.1) is 0 Å². The molecule has 1 aliphatic rings. The van der Waals surface area contributed by atoms with Crippen LogP contribution in [0.5, 0.6) is 0 Å². The van der Waals surface area contributed by atoms with Crippen LogP contribution in [0.3, 0.4) is 0 Å². The number of carbonyl (C=O) groups is 1. The Bertz CT molecular complexity index is 228. The molecular weight excluding hydrogens is 198 g/mol. The minimum Gasteiger partial charge on any atom is -0.458 e. The average Bonchev–Trinajstić information content (AvgIpc) is 2.16. The molecule has 0 aromatic heterocycles. The van der Waals surface area contributed by atoms with Gasteiger partial charge in [0.2, 0.25) is 5.60 Å². The molecule has 15 heavy (non-hydrogen) atoms. The third-order valence-corrected chi connectivity index (χ3v) is 2.09. The standard InChI is InChI=1S/C10H19NO4/c1-9(2,3)15-8(13)10(7-12)6-11-4-5-14-10/h11-12H,4-7H2,1-3H3/t10-/m0/s1. The van der Waals surface area contributed by atoms with Gasteiger partial charge in [-0.2, -0.15) is 0 Å². The van der Waals surface area contributed by atoms with Crippen molar-refractivity contribution in [2.75, 3.05) is 26.3 Å². The molecule has 0 aliphatic carbocycles. The topological polar surface area (TPSA) is 67.8 Å². The number of morpholine rings is 1. The second-order valence-electron chi connectivity index (χ2n) is 4.68. The number of carbonyl (C=O) groups excluding carboxylic acids is 1. The fourth-order valence-corrected chi connectivity index (χ4v) is 1.33. The molecule has 0 saturated carbocycles. The van der Waals surface area contributed by atoms with Crippen LogP contribution in [0.4, 0.5) is 0 Å². The van der Waals surface area contributed by atoms with Crippen LogP contribution in [-0.2, 0) is 14.3 Å². The van der Waals surface area contributed by atoms with Crippen molar-refractivity contribution in [3.05, 3.63) is 0 Å². The molecular formula is C10H19NO4. The van der Waals surface area contributed by atoms with Crippen molar-refractivity contribution in [3.8, 4) is 0 Å². The summed E-state index contributed by atoms with van der Waals surface area (Å²) in [4.78, 5) is 11.8. The first-order valence-corrected chi connectivity index (χ1v) is 5.09. The van der Waals surface area contributed by atoms with Crippen LogP contribution < -0.4 is 5.32 Å². The Labute approximate surface area is 89.8 Å². The van der Waals surface area contributed by atoms with Crippen LogP contribution >= 0.6 is 0 Å². The van der Waals surface area contributed by atoms with Crippen LogP contribution in [0.25, 0.3) is 0 Å². The molecule has 2 N–H and O–H groups in total. The summed E-state index contributed by atoms with van der Waals surface area (Å²) in [7, 11) is 0. The molecule has 1 saturated heterocycles. The van der Waals surface area contributed by atoms with Gasteiger partial charge in [0.05, 0.1) is 13.2 Å². The number of esters is 1. The van der Waals surface area contributed by atoms with Gasteiger partial charge in [0.15, 0.2) is 0 Å². The first-order chi connectivity index (χ1) is 6.90. The average molecular weight is 217 g/mol. The lowest BCUT2D eigenvalue weighted by Gasteiger charge is -2.35. The SMILES string of the molecule is CC(C)(C)OC(=O)[C@@]1(CO)CNCCO1. The van der Waals surface area contributed by atoms with E-state index in [2.05, 4.69) is 5.32 Å². The normalized spacial score (nSPS) is 27.5. The second kappa shape index (κ2) is 4.47. The molecule has 1 heterocycles. The highest BCUT2D eigenvalue weighted by atomic mass is 16.6. The Kier molecular flexibility index (Phi) is 3.70.